The molecule has 0 fully saturated rings. The molecule has 2 aliphatic rings. The molecule has 4 heteroatoms. The van der Waals surface area contributed by atoms with Gasteiger partial charge in [0.05, 0.1) is 12.1 Å². The number of nitriles is 2. The summed E-state index contributed by atoms with van der Waals surface area (Å²) in [6, 6.07) is 4.31. The van der Waals surface area contributed by atoms with Crippen molar-refractivity contribution in [1.29, 1.82) is 10.5 Å². The summed E-state index contributed by atoms with van der Waals surface area (Å²) in [5.74, 6) is 5.65. The van der Waals surface area contributed by atoms with Crippen molar-refractivity contribution < 1.29 is 9.53 Å². The standard InChI is InChI=1S/C19H18N2O2/c1-3-17-16-7-6-15(10-16)11-18(17)19(12-20,13-21)8-4-5-9-23-14(2)22/h3,6-7,11,15-17H,1,8-10H2,2H3/t15?,16?,17-/m0/s1. The second-order valence-electron chi connectivity index (χ2n) is 5.77. The molecule has 0 N–H and O–H groups in total. The first kappa shape index (κ1) is 16.6. The fraction of sp³-hybridized carbons (Fsp3) is 0.421. The number of hydrogen-bond donors (Lipinski definition) is 0. The maximum absolute atomic E-state index is 10.7. The van der Waals surface area contributed by atoms with E-state index < -0.39 is 11.4 Å². The molecule has 23 heavy (non-hydrogen) atoms. The number of carbonyl (C=O) groups is 1. The van der Waals surface area contributed by atoms with Crippen LogP contribution in [0.2, 0.25) is 0 Å². The van der Waals surface area contributed by atoms with Crippen LogP contribution in [0.5, 0.6) is 0 Å². The molecular weight excluding hydrogens is 288 g/mol. The highest BCUT2D eigenvalue weighted by atomic mass is 16.5. The van der Waals surface area contributed by atoms with Crippen LogP contribution < -0.4 is 0 Å². The predicted molar refractivity (Wildman–Crippen MR) is 85.2 cm³/mol. The van der Waals surface area contributed by atoms with Crippen molar-refractivity contribution >= 4 is 5.97 Å². The number of allylic oxidation sites excluding steroid dienone is 5. The highest BCUT2D eigenvalue weighted by Crippen LogP contribution is 2.48. The molecule has 0 saturated carbocycles. The Hall–Kier alpha value is -2.77. The zero-order valence-electron chi connectivity index (χ0n) is 13.1. The fourth-order valence-electron chi connectivity index (χ4n) is 3.17. The van der Waals surface area contributed by atoms with Crippen molar-refractivity contribution in [3.8, 4) is 24.0 Å². The Kier molecular flexibility index (Phi) is 5.05. The molecule has 2 bridgehead atoms. The Labute approximate surface area is 136 Å². The van der Waals surface area contributed by atoms with Crippen molar-refractivity contribution in [1.82, 2.24) is 0 Å². The minimum atomic E-state index is -1.29. The molecular formula is C19H18N2O2. The molecule has 0 aromatic heterocycles. The normalized spacial score (nSPS) is 24.5. The van der Waals surface area contributed by atoms with Gasteiger partial charge in [-0.05, 0) is 23.8 Å². The third-order valence-corrected chi connectivity index (χ3v) is 4.32. The van der Waals surface area contributed by atoms with E-state index in [0.717, 1.165) is 12.0 Å². The van der Waals surface area contributed by atoms with Gasteiger partial charge < -0.3 is 4.74 Å². The Morgan fingerprint density at radius 2 is 2.17 bits per heavy atom. The highest BCUT2D eigenvalue weighted by molar-refractivity contribution is 5.66. The lowest BCUT2D eigenvalue weighted by Gasteiger charge is -2.33. The minimum absolute atomic E-state index is 0.0143. The quantitative estimate of drug-likeness (QED) is 0.455. The zero-order chi connectivity index (χ0) is 16.9. The molecule has 0 radical (unpaired) electrons. The summed E-state index contributed by atoms with van der Waals surface area (Å²) in [6.07, 6.45) is 9.21. The first-order chi connectivity index (χ1) is 11.1. The summed E-state index contributed by atoms with van der Waals surface area (Å²) in [4.78, 5) is 10.7. The van der Waals surface area contributed by atoms with Crippen molar-refractivity contribution in [3.05, 3.63) is 36.5 Å². The molecule has 4 nitrogen and oxygen atoms in total. The largest absolute Gasteiger partial charge is 0.453 e. The third kappa shape index (κ3) is 3.36. The van der Waals surface area contributed by atoms with Gasteiger partial charge in [0.15, 0.2) is 12.0 Å². The smallest absolute Gasteiger partial charge is 0.303 e. The minimum Gasteiger partial charge on any atom is -0.453 e. The van der Waals surface area contributed by atoms with Crippen LogP contribution in [0.25, 0.3) is 0 Å². The molecule has 2 rings (SSSR count). The summed E-state index contributed by atoms with van der Waals surface area (Å²) in [7, 11) is 0. The number of esters is 1. The molecule has 0 aliphatic heterocycles. The lowest BCUT2D eigenvalue weighted by Crippen LogP contribution is -2.30. The number of rotatable bonds is 4. The molecule has 3 atom stereocenters. The number of fused-ring (bicyclic) bond motifs is 2. The van der Waals surface area contributed by atoms with Crippen molar-refractivity contribution in [2.75, 3.05) is 6.61 Å². The number of ether oxygens (including phenoxy) is 1. The van der Waals surface area contributed by atoms with E-state index in [1.807, 2.05) is 12.2 Å². The molecule has 0 amide bonds. The van der Waals surface area contributed by atoms with Crippen LogP contribution in [0, 0.1) is 57.7 Å². The Balaban J connectivity index is 2.24. The van der Waals surface area contributed by atoms with E-state index >= 15 is 0 Å². The van der Waals surface area contributed by atoms with Crippen LogP contribution in [0.15, 0.2) is 36.5 Å². The van der Waals surface area contributed by atoms with Crippen LogP contribution in [-0.4, -0.2) is 12.6 Å². The Morgan fingerprint density at radius 3 is 2.78 bits per heavy atom. The molecule has 116 valence electrons. The summed E-state index contributed by atoms with van der Waals surface area (Å²) < 4.78 is 4.74. The van der Waals surface area contributed by atoms with Gasteiger partial charge in [0, 0.05) is 19.3 Å². The van der Waals surface area contributed by atoms with Crippen LogP contribution in [-0.2, 0) is 9.53 Å². The average Bonchev–Trinajstić information content (AvgIpc) is 2.93. The van der Waals surface area contributed by atoms with E-state index in [9.17, 15) is 15.3 Å². The van der Waals surface area contributed by atoms with E-state index in [0.29, 0.717) is 5.92 Å². The highest BCUT2D eigenvalue weighted by Gasteiger charge is 2.43. The van der Waals surface area contributed by atoms with Crippen molar-refractivity contribution in [3.63, 3.8) is 0 Å². The molecule has 0 spiro atoms. The summed E-state index contributed by atoms with van der Waals surface area (Å²) in [5, 5.41) is 19.3. The summed E-state index contributed by atoms with van der Waals surface area (Å²) in [6.45, 7) is 5.15. The maximum Gasteiger partial charge on any atom is 0.303 e. The van der Waals surface area contributed by atoms with Gasteiger partial charge in [-0.25, -0.2) is 0 Å². The topological polar surface area (TPSA) is 73.9 Å². The fourth-order valence-corrected chi connectivity index (χ4v) is 3.17. The van der Waals surface area contributed by atoms with E-state index in [1.165, 1.54) is 6.92 Å². The number of hydrogen-bond acceptors (Lipinski definition) is 4. The number of nitrogens with zero attached hydrogens (tertiary/aromatic N) is 2. The van der Waals surface area contributed by atoms with E-state index in [-0.39, 0.29) is 24.9 Å². The van der Waals surface area contributed by atoms with Crippen LogP contribution in [0.4, 0.5) is 0 Å². The van der Waals surface area contributed by atoms with Crippen LogP contribution in [0.3, 0.4) is 0 Å². The maximum atomic E-state index is 10.7. The van der Waals surface area contributed by atoms with Crippen LogP contribution >= 0.6 is 0 Å². The summed E-state index contributed by atoms with van der Waals surface area (Å²) in [5.41, 5.74) is -0.490. The molecule has 2 unspecified atom stereocenters. The van der Waals surface area contributed by atoms with Gasteiger partial charge in [-0.1, -0.05) is 36.1 Å². The Bertz CT molecular complexity index is 692. The van der Waals surface area contributed by atoms with E-state index in [1.54, 1.807) is 0 Å². The lowest BCUT2D eigenvalue weighted by molar-refractivity contribution is -0.139. The van der Waals surface area contributed by atoms with Crippen LogP contribution in [0.1, 0.15) is 19.8 Å². The zero-order valence-corrected chi connectivity index (χ0v) is 13.1. The van der Waals surface area contributed by atoms with Gasteiger partial charge in [0.25, 0.3) is 0 Å². The first-order valence-corrected chi connectivity index (χ1v) is 7.51. The predicted octanol–water partition coefficient (Wildman–Crippen LogP) is 2.91. The van der Waals surface area contributed by atoms with Gasteiger partial charge in [-0.2, -0.15) is 10.5 Å². The summed E-state index contributed by atoms with van der Waals surface area (Å²) >= 11 is 0. The second-order valence-corrected chi connectivity index (χ2v) is 5.77. The van der Waals surface area contributed by atoms with Gasteiger partial charge >= 0.3 is 5.97 Å². The number of carbonyl (C=O) groups excluding carboxylic acids is 1. The molecule has 2 aliphatic carbocycles. The average molecular weight is 306 g/mol. The second kappa shape index (κ2) is 6.99. The van der Waals surface area contributed by atoms with Gasteiger partial charge in [0.1, 0.15) is 0 Å². The Morgan fingerprint density at radius 1 is 1.43 bits per heavy atom. The molecule has 0 aromatic carbocycles. The van der Waals surface area contributed by atoms with Gasteiger partial charge in [-0.3, -0.25) is 4.79 Å². The monoisotopic (exact) mass is 306 g/mol. The SMILES string of the molecule is C=C[C@@H]1C(C(C#N)(C#N)CC#CCOC(C)=O)=CC2C=CC1C2. The van der Waals surface area contributed by atoms with Crippen molar-refractivity contribution in [2.24, 2.45) is 23.2 Å². The third-order valence-electron chi connectivity index (χ3n) is 4.32. The lowest BCUT2D eigenvalue weighted by atomic mass is 9.66. The van der Waals surface area contributed by atoms with Crippen molar-refractivity contribution in [2.45, 2.75) is 19.8 Å². The van der Waals surface area contributed by atoms with E-state index in [2.05, 4.69) is 42.7 Å². The molecule has 0 saturated heterocycles. The molecule has 0 aromatic rings. The van der Waals surface area contributed by atoms with E-state index in [4.69, 9.17) is 4.74 Å². The first-order valence-electron chi connectivity index (χ1n) is 7.51. The molecule has 0 heterocycles. The van der Waals surface area contributed by atoms with Gasteiger partial charge in [0.2, 0.25) is 0 Å². The van der Waals surface area contributed by atoms with Gasteiger partial charge in [-0.15, -0.1) is 6.58 Å².